The van der Waals surface area contributed by atoms with E-state index in [0.717, 1.165) is 13.0 Å². The number of rotatable bonds is 6. The summed E-state index contributed by atoms with van der Waals surface area (Å²) in [5.41, 5.74) is 0. The number of carbonyl (C=O) groups excluding carboxylic acids is 2. The van der Waals surface area contributed by atoms with Crippen molar-refractivity contribution >= 4 is 11.7 Å². The maximum atomic E-state index is 10.9. The SMILES string of the molecule is CNC(=O)CN(C)CCCC(C)=O. The molecule has 4 nitrogen and oxygen atoms in total. The van der Waals surface area contributed by atoms with Gasteiger partial charge in [-0.3, -0.25) is 9.69 Å². The van der Waals surface area contributed by atoms with Crippen LogP contribution in [0.25, 0.3) is 0 Å². The molecule has 0 rings (SSSR count). The quantitative estimate of drug-likeness (QED) is 0.637. The number of hydrogen-bond acceptors (Lipinski definition) is 3. The van der Waals surface area contributed by atoms with Crippen molar-refractivity contribution in [3.05, 3.63) is 0 Å². The molecule has 0 saturated heterocycles. The highest BCUT2D eigenvalue weighted by Crippen LogP contribution is 1.93. The van der Waals surface area contributed by atoms with Gasteiger partial charge in [0.2, 0.25) is 5.91 Å². The van der Waals surface area contributed by atoms with Crippen LogP contribution in [0.4, 0.5) is 0 Å². The van der Waals surface area contributed by atoms with E-state index in [-0.39, 0.29) is 11.7 Å². The average Bonchev–Trinajstić information content (AvgIpc) is 2.03. The number of carbonyl (C=O) groups is 2. The average molecular weight is 186 g/mol. The Morgan fingerprint density at radius 3 is 2.46 bits per heavy atom. The van der Waals surface area contributed by atoms with E-state index in [1.165, 1.54) is 0 Å². The van der Waals surface area contributed by atoms with Crippen LogP contribution in [0.1, 0.15) is 19.8 Å². The van der Waals surface area contributed by atoms with Crippen molar-refractivity contribution in [3.8, 4) is 0 Å². The fourth-order valence-corrected chi connectivity index (χ4v) is 1.00. The smallest absolute Gasteiger partial charge is 0.233 e. The maximum absolute atomic E-state index is 10.9. The third-order valence-electron chi connectivity index (χ3n) is 1.76. The standard InChI is InChI=1S/C9H18N2O2/c1-8(12)5-4-6-11(3)7-9(13)10-2/h4-7H2,1-3H3,(H,10,13). The van der Waals surface area contributed by atoms with Crippen LogP contribution in [-0.2, 0) is 9.59 Å². The zero-order chi connectivity index (χ0) is 10.3. The fourth-order valence-electron chi connectivity index (χ4n) is 1.00. The van der Waals surface area contributed by atoms with Crippen molar-refractivity contribution in [2.75, 3.05) is 27.2 Å². The van der Waals surface area contributed by atoms with E-state index in [0.29, 0.717) is 13.0 Å². The Labute approximate surface area is 79.3 Å². The summed E-state index contributed by atoms with van der Waals surface area (Å²) in [5.74, 6) is 0.207. The lowest BCUT2D eigenvalue weighted by molar-refractivity contribution is -0.121. The molecule has 0 aliphatic carbocycles. The number of nitrogens with one attached hydrogen (secondary N) is 1. The largest absolute Gasteiger partial charge is 0.358 e. The van der Waals surface area contributed by atoms with Gasteiger partial charge in [-0.05, 0) is 26.9 Å². The fraction of sp³-hybridized carbons (Fsp3) is 0.778. The van der Waals surface area contributed by atoms with Gasteiger partial charge in [-0.15, -0.1) is 0 Å². The molecule has 0 atom stereocenters. The number of likely N-dealkylation sites (N-methyl/N-ethyl adjacent to an activating group) is 2. The molecular weight excluding hydrogens is 168 g/mol. The predicted octanol–water partition coefficient (Wildman–Crippen LogP) is 0.0334. The van der Waals surface area contributed by atoms with E-state index < -0.39 is 0 Å². The molecule has 0 aliphatic heterocycles. The minimum Gasteiger partial charge on any atom is -0.358 e. The molecule has 0 heterocycles. The van der Waals surface area contributed by atoms with Gasteiger partial charge in [-0.2, -0.15) is 0 Å². The zero-order valence-electron chi connectivity index (χ0n) is 8.59. The summed E-state index contributed by atoms with van der Waals surface area (Å²) in [6, 6.07) is 0. The van der Waals surface area contributed by atoms with Crippen LogP contribution in [0.3, 0.4) is 0 Å². The second-order valence-corrected chi connectivity index (χ2v) is 3.22. The normalized spacial score (nSPS) is 10.2. The number of ketones is 1. The highest BCUT2D eigenvalue weighted by Gasteiger charge is 2.03. The monoisotopic (exact) mass is 186 g/mol. The Morgan fingerprint density at radius 1 is 1.38 bits per heavy atom. The van der Waals surface area contributed by atoms with Crippen LogP contribution < -0.4 is 5.32 Å². The van der Waals surface area contributed by atoms with Crippen molar-refractivity contribution in [1.82, 2.24) is 10.2 Å². The van der Waals surface area contributed by atoms with Crippen molar-refractivity contribution in [2.45, 2.75) is 19.8 Å². The van der Waals surface area contributed by atoms with E-state index in [2.05, 4.69) is 5.32 Å². The van der Waals surface area contributed by atoms with Gasteiger partial charge >= 0.3 is 0 Å². The number of Topliss-reactive ketones (excluding diaryl/α,β-unsaturated/α-hetero) is 1. The molecule has 0 aliphatic rings. The summed E-state index contributed by atoms with van der Waals surface area (Å²) >= 11 is 0. The topological polar surface area (TPSA) is 49.4 Å². The van der Waals surface area contributed by atoms with Gasteiger partial charge in [-0.1, -0.05) is 0 Å². The van der Waals surface area contributed by atoms with Gasteiger partial charge in [0.1, 0.15) is 5.78 Å². The first kappa shape index (κ1) is 12.1. The molecule has 0 aromatic rings. The van der Waals surface area contributed by atoms with Crippen LogP contribution in [0, 0.1) is 0 Å². The third kappa shape index (κ3) is 7.46. The maximum Gasteiger partial charge on any atom is 0.233 e. The van der Waals surface area contributed by atoms with Gasteiger partial charge < -0.3 is 10.1 Å². The van der Waals surface area contributed by atoms with Gasteiger partial charge in [0.15, 0.2) is 0 Å². The third-order valence-corrected chi connectivity index (χ3v) is 1.76. The highest BCUT2D eigenvalue weighted by molar-refractivity contribution is 5.77. The van der Waals surface area contributed by atoms with Crippen molar-refractivity contribution in [1.29, 1.82) is 0 Å². The first-order chi connectivity index (χ1) is 6.06. The Bertz CT molecular complexity index is 180. The van der Waals surface area contributed by atoms with Gasteiger partial charge in [0.05, 0.1) is 6.54 Å². The molecule has 0 radical (unpaired) electrons. The number of amides is 1. The molecule has 0 saturated carbocycles. The van der Waals surface area contributed by atoms with E-state index in [9.17, 15) is 9.59 Å². The minimum absolute atomic E-state index is 0.00493. The molecule has 0 unspecified atom stereocenters. The van der Waals surface area contributed by atoms with E-state index in [4.69, 9.17) is 0 Å². The Morgan fingerprint density at radius 2 is 2.00 bits per heavy atom. The van der Waals surface area contributed by atoms with Crippen LogP contribution in [0.2, 0.25) is 0 Å². The van der Waals surface area contributed by atoms with Crippen molar-refractivity contribution in [2.24, 2.45) is 0 Å². The van der Waals surface area contributed by atoms with E-state index >= 15 is 0 Å². The van der Waals surface area contributed by atoms with Crippen LogP contribution in [-0.4, -0.2) is 43.8 Å². The highest BCUT2D eigenvalue weighted by atomic mass is 16.2. The first-order valence-corrected chi connectivity index (χ1v) is 4.45. The summed E-state index contributed by atoms with van der Waals surface area (Å²) in [6.07, 6.45) is 1.42. The van der Waals surface area contributed by atoms with Crippen molar-refractivity contribution < 1.29 is 9.59 Å². The van der Waals surface area contributed by atoms with Gasteiger partial charge in [0.25, 0.3) is 0 Å². The summed E-state index contributed by atoms with van der Waals surface area (Å²) < 4.78 is 0. The van der Waals surface area contributed by atoms with Gasteiger partial charge in [-0.25, -0.2) is 0 Å². The van der Waals surface area contributed by atoms with E-state index in [1.54, 1.807) is 14.0 Å². The summed E-state index contributed by atoms with van der Waals surface area (Å²) in [5, 5.41) is 2.55. The zero-order valence-corrected chi connectivity index (χ0v) is 8.59. The molecule has 0 bridgehead atoms. The molecule has 4 heteroatoms. The van der Waals surface area contributed by atoms with E-state index in [1.807, 2.05) is 11.9 Å². The molecule has 76 valence electrons. The molecule has 1 amide bonds. The van der Waals surface area contributed by atoms with Crippen LogP contribution >= 0.6 is 0 Å². The Kier molecular flexibility index (Phi) is 6.14. The minimum atomic E-state index is 0.00493. The predicted molar refractivity (Wildman–Crippen MR) is 51.5 cm³/mol. The van der Waals surface area contributed by atoms with Crippen LogP contribution in [0.5, 0.6) is 0 Å². The molecule has 0 aromatic heterocycles. The lowest BCUT2D eigenvalue weighted by Crippen LogP contribution is -2.33. The molecule has 0 fully saturated rings. The van der Waals surface area contributed by atoms with Crippen molar-refractivity contribution in [3.63, 3.8) is 0 Å². The second-order valence-electron chi connectivity index (χ2n) is 3.22. The number of nitrogens with zero attached hydrogens (tertiary/aromatic N) is 1. The summed E-state index contributed by atoms with van der Waals surface area (Å²) in [4.78, 5) is 23.4. The van der Waals surface area contributed by atoms with Crippen LogP contribution in [0.15, 0.2) is 0 Å². The molecule has 1 N–H and O–H groups in total. The molecule has 0 spiro atoms. The molecule has 13 heavy (non-hydrogen) atoms. The first-order valence-electron chi connectivity index (χ1n) is 4.45. The lowest BCUT2D eigenvalue weighted by atomic mass is 10.2. The Balaban J connectivity index is 3.45. The lowest BCUT2D eigenvalue weighted by Gasteiger charge is -2.14. The second kappa shape index (κ2) is 6.60. The summed E-state index contributed by atoms with van der Waals surface area (Å²) in [7, 11) is 3.49. The molecular formula is C9H18N2O2. The molecule has 0 aromatic carbocycles. The Hall–Kier alpha value is -0.900. The summed E-state index contributed by atoms with van der Waals surface area (Å²) in [6.45, 7) is 2.76. The van der Waals surface area contributed by atoms with Gasteiger partial charge in [0, 0.05) is 13.5 Å². The number of hydrogen-bond donors (Lipinski definition) is 1.